The Morgan fingerprint density at radius 1 is 1.24 bits per heavy atom. The van der Waals surface area contributed by atoms with Crippen molar-refractivity contribution in [2.75, 3.05) is 19.6 Å². The zero-order valence-electron chi connectivity index (χ0n) is 15.9. The second kappa shape index (κ2) is 6.51. The lowest BCUT2D eigenvalue weighted by Crippen LogP contribution is -2.36. The molecule has 3 aliphatic rings. The quantitative estimate of drug-likeness (QED) is 0.856. The minimum absolute atomic E-state index is 0.0933. The number of fused-ring (bicyclic) bond motifs is 1. The smallest absolute Gasteiger partial charge is 0.137 e. The van der Waals surface area contributed by atoms with Crippen molar-refractivity contribution in [1.82, 2.24) is 19.7 Å². The Bertz CT molecular complexity index is 636. The van der Waals surface area contributed by atoms with Gasteiger partial charge in [-0.3, -0.25) is 4.90 Å². The number of allylic oxidation sites excluding steroid dienone is 1. The molecule has 4 rings (SSSR count). The van der Waals surface area contributed by atoms with Crippen LogP contribution >= 0.6 is 0 Å². The van der Waals surface area contributed by atoms with Gasteiger partial charge < -0.3 is 5.11 Å². The first-order valence-corrected chi connectivity index (χ1v) is 9.87. The molecule has 1 N–H and O–H groups in total. The molecular formula is C20H32N4O. The van der Waals surface area contributed by atoms with Crippen molar-refractivity contribution >= 4 is 0 Å². The fourth-order valence-corrected chi connectivity index (χ4v) is 5.55. The number of aliphatic hydroxyl groups is 1. The van der Waals surface area contributed by atoms with Gasteiger partial charge in [0, 0.05) is 19.6 Å². The van der Waals surface area contributed by atoms with Gasteiger partial charge in [0.2, 0.25) is 0 Å². The van der Waals surface area contributed by atoms with E-state index >= 15 is 0 Å². The molecule has 4 atom stereocenters. The summed E-state index contributed by atoms with van der Waals surface area (Å²) in [5.74, 6) is 1.30. The zero-order valence-corrected chi connectivity index (χ0v) is 15.9. The molecule has 1 saturated heterocycles. The number of hydrogen-bond acceptors (Lipinski definition) is 4. The van der Waals surface area contributed by atoms with E-state index in [0.717, 1.165) is 32.5 Å². The van der Waals surface area contributed by atoms with Crippen LogP contribution in [0.4, 0.5) is 0 Å². The van der Waals surface area contributed by atoms with Gasteiger partial charge in [-0.15, -0.1) is 0 Å². The Morgan fingerprint density at radius 3 is 2.68 bits per heavy atom. The first kappa shape index (κ1) is 17.2. The van der Waals surface area contributed by atoms with Crippen LogP contribution < -0.4 is 0 Å². The SMILES string of the molecule is CC1=C(CN2C[C@H]3C[C@@H](n4cncn4)[C@H](O)C[C@H]3C2)C(C)(C)CCC1. The second-order valence-electron chi connectivity index (χ2n) is 9.19. The highest BCUT2D eigenvalue weighted by Gasteiger charge is 2.43. The number of aliphatic hydroxyl groups excluding tert-OH is 1. The molecule has 0 spiro atoms. The standard InChI is InChI=1S/C20H32N4O/c1-14-5-4-6-20(2,3)17(14)11-23-9-15-7-18(24-13-21-12-22-24)19(25)8-16(15)10-23/h12-13,15-16,18-19,25H,4-11H2,1-3H3/t15-,16+,18-,19-/m1/s1. The first-order valence-electron chi connectivity index (χ1n) is 9.87. The maximum absolute atomic E-state index is 10.6. The summed E-state index contributed by atoms with van der Waals surface area (Å²) >= 11 is 0. The summed E-state index contributed by atoms with van der Waals surface area (Å²) in [6.07, 6.45) is 8.86. The van der Waals surface area contributed by atoms with E-state index in [1.54, 1.807) is 23.8 Å². The van der Waals surface area contributed by atoms with Crippen molar-refractivity contribution in [3.8, 4) is 0 Å². The van der Waals surface area contributed by atoms with E-state index in [1.165, 1.54) is 19.3 Å². The van der Waals surface area contributed by atoms with Crippen LogP contribution in [0, 0.1) is 17.3 Å². The topological polar surface area (TPSA) is 54.2 Å². The van der Waals surface area contributed by atoms with E-state index in [9.17, 15) is 5.11 Å². The van der Waals surface area contributed by atoms with Gasteiger partial charge in [-0.1, -0.05) is 25.0 Å². The number of aromatic nitrogens is 3. The second-order valence-corrected chi connectivity index (χ2v) is 9.19. The van der Waals surface area contributed by atoms with Crippen LogP contribution in [0.25, 0.3) is 0 Å². The number of rotatable bonds is 3. The molecule has 2 aliphatic carbocycles. The molecule has 2 fully saturated rings. The molecule has 0 radical (unpaired) electrons. The van der Waals surface area contributed by atoms with Crippen molar-refractivity contribution in [2.45, 2.75) is 65.0 Å². The van der Waals surface area contributed by atoms with Crippen LogP contribution in [0.3, 0.4) is 0 Å². The molecule has 0 aromatic carbocycles. The molecule has 5 nitrogen and oxygen atoms in total. The average Bonchev–Trinajstić information content (AvgIpc) is 3.19. The molecule has 1 aromatic heterocycles. The largest absolute Gasteiger partial charge is 0.391 e. The third-order valence-corrected chi connectivity index (χ3v) is 7.03. The molecule has 2 heterocycles. The molecule has 0 unspecified atom stereocenters. The zero-order chi connectivity index (χ0) is 17.6. The van der Waals surface area contributed by atoms with Gasteiger partial charge in [0.1, 0.15) is 12.7 Å². The first-order chi connectivity index (χ1) is 11.9. The van der Waals surface area contributed by atoms with E-state index < -0.39 is 0 Å². The summed E-state index contributed by atoms with van der Waals surface area (Å²) in [6.45, 7) is 10.6. The highest BCUT2D eigenvalue weighted by molar-refractivity contribution is 5.24. The van der Waals surface area contributed by atoms with E-state index in [-0.39, 0.29) is 12.1 Å². The minimum atomic E-state index is -0.296. The fraction of sp³-hybridized carbons (Fsp3) is 0.800. The van der Waals surface area contributed by atoms with E-state index in [0.29, 0.717) is 17.3 Å². The Hall–Kier alpha value is -1.20. The Balaban J connectivity index is 1.45. The van der Waals surface area contributed by atoms with Gasteiger partial charge in [-0.2, -0.15) is 5.10 Å². The van der Waals surface area contributed by atoms with E-state index in [1.807, 2.05) is 4.68 Å². The summed E-state index contributed by atoms with van der Waals surface area (Å²) in [5, 5.41) is 14.9. The van der Waals surface area contributed by atoms with Gasteiger partial charge in [0.05, 0.1) is 12.1 Å². The molecular weight excluding hydrogens is 312 g/mol. The van der Waals surface area contributed by atoms with Crippen LogP contribution in [0.5, 0.6) is 0 Å². The van der Waals surface area contributed by atoms with E-state index in [2.05, 4.69) is 35.8 Å². The van der Waals surface area contributed by atoms with Crippen LogP contribution in [-0.2, 0) is 0 Å². The normalized spacial score (nSPS) is 35.8. The molecule has 1 saturated carbocycles. The van der Waals surface area contributed by atoms with Crippen LogP contribution in [0.15, 0.2) is 23.8 Å². The summed E-state index contributed by atoms with van der Waals surface area (Å²) in [7, 11) is 0. The monoisotopic (exact) mass is 344 g/mol. The average molecular weight is 345 g/mol. The predicted octanol–water partition coefficient (Wildman–Crippen LogP) is 3.05. The van der Waals surface area contributed by atoms with Crippen LogP contribution in [0.2, 0.25) is 0 Å². The van der Waals surface area contributed by atoms with Gasteiger partial charge in [-0.05, 0) is 56.3 Å². The number of nitrogens with zero attached hydrogens (tertiary/aromatic N) is 4. The van der Waals surface area contributed by atoms with Crippen molar-refractivity contribution in [3.05, 3.63) is 23.8 Å². The highest BCUT2D eigenvalue weighted by atomic mass is 16.3. The van der Waals surface area contributed by atoms with Gasteiger partial charge in [0.25, 0.3) is 0 Å². The molecule has 25 heavy (non-hydrogen) atoms. The number of hydrogen-bond donors (Lipinski definition) is 1. The summed E-state index contributed by atoms with van der Waals surface area (Å²) in [5.41, 5.74) is 3.64. The lowest BCUT2D eigenvalue weighted by Gasteiger charge is -2.36. The Kier molecular flexibility index (Phi) is 4.49. The van der Waals surface area contributed by atoms with Gasteiger partial charge in [-0.25, -0.2) is 9.67 Å². The van der Waals surface area contributed by atoms with Crippen molar-refractivity contribution in [2.24, 2.45) is 17.3 Å². The van der Waals surface area contributed by atoms with Crippen LogP contribution in [-0.4, -0.2) is 50.5 Å². The van der Waals surface area contributed by atoms with E-state index in [4.69, 9.17) is 0 Å². The summed E-state index contributed by atoms with van der Waals surface area (Å²) < 4.78 is 1.86. The minimum Gasteiger partial charge on any atom is -0.391 e. The van der Waals surface area contributed by atoms with Crippen molar-refractivity contribution in [3.63, 3.8) is 0 Å². The lowest BCUT2D eigenvalue weighted by molar-refractivity contribution is 0.0305. The van der Waals surface area contributed by atoms with Crippen molar-refractivity contribution < 1.29 is 5.11 Å². The molecule has 1 aromatic rings. The molecule has 0 bridgehead atoms. The lowest BCUT2D eigenvalue weighted by atomic mass is 9.72. The fourth-order valence-electron chi connectivity index (χ4n) is 5.55. The third kappa shape index (κ3) is 3.28. The van der Waals surface area contributed by atoms with Crippen LogP contribution in [0.1, 0.15) is 58.9 Å². The predicted molar refractivity (Wildman–Crippen MR) is 98.1 cm³/mol. The third-order valence-electron chi connectivity index (χ3n) is 7.03. The summed E-state index contributed by atoms with van der Waals surface area (Å²) in [4.78, 5) is 6.71. The number of likely N-dealkylation sites (tertiary alicyclic amines) is 1. The van der Waals surface area contributed by atoms with Crippen molar-refractivity contribution in [1.29, 1.82) is 0 Å². The highest BCUT2D eigenvalue weighted by Crippen LogP contribution is 2.44. The maximum atomic E-state index is 10.6. The van der Waals surface area contributed by atoms with Gasteiger partial charge >= 0.3 is 0 Å². The molecule has 0 amide bonds. The summed E-state index contributed by atoms with van der Waals surface area (Å²) in [6, 6.07) is 0.0933. The Labute approximate surface area is 151 Å². The maximum Gasteiger partial charge on any atom is 0.137 e. The van der Waals surface area contributed by atoms with Gasteiger partial charge in [0.15, 0.2) is 0 Å². The molecule has 5 heteroatoms. The Morgan fingerprint density at radius 2 is 2.00 bits per heavy atom. The molecule has 1 aliphatic heterocycles. The molecule has 138 valence electrons.